The minimum atomic E-state index is -0.178. The van der Waals surface area contributed by atoms with E-state index < -0.39 is 0 Å². The fraction of sp³-hybridized carbons (Fsp3) is 0.353. The minimum absolute atomic E-state index is 0.0544. The number of halogens is 1. The summed E-state index contributed by atoms with van der Waals surface area (Å²) >= 11 is 5.98. The van der Waals surface area contributed by atoms with E-state index in [0.29, 0.717) is 31.2 Å². The first-order valence-electron chi connectivity index (χ1n) is 8.11. The van der Waals surface area contributed by atoms with Crippen molar-refractivity contribution in [3.8, 4) is 0 Å². The van der Waals surface area contributed by atoms with E-state index in [1.165, 1.54) is 0 Å². The maximum absolute atomic E-state index is 12.5. The number of urea groups is 1. The van der Waals surface area contributed by atoms with Crippen LogP contribution in [-0.2, 0) is 11.3 Å². The number of hydrogen-bond acceptors (Lipinski definition) is 3. The third-order valence-electron chi connectivity index (χ3n) is 4.15. The molecule has 3 rings (SSSR count). The second kappa shape index (κ2) is 7.57. The van der Waals surface area contributed by atoms with E-state index in [1.807, 2.05) is 23.8 Å². The van der Waals surface area contributed by atoms with Crippen molar-refractivity contribution < 1.29 is 9.59 Å². The lowest BCUT2D eigenvalue weighted by Gasteiger charge is -2.18. The van der Waals surface area contributed by atoms with E-state index in [4.69, 9.17) is 11.6 Å². The Hall–Kier alpha value is -2.54. The third-order valence-corrected chi connectivity index (χ3v) is 4.38. The molecule has 2 heterocycles. The topological polar surface area (TPSA) is 70.5 Å². The third kappa shape index (κ3) is 4.11. The van der Waals surface area contributed by atoms with Crippen molar-refractivity contribution in [2.45, 2.75) is 13.5 Å². The molecule has 8 heteroatoms. The van der Waals surface area contributed by atoms with E-state index >= 15 is 0 Å². The van der Waals surface area contributed by atoms with E-state index in [0.717, 1.165) is 11.5 Å². The molecule has 0 radical (unpaired) electrons. The molecule has 1 fully saturated rings. The molecule has 0 spiro atoms. The summed E-state index contributed by atoms with van der Waals surface area (Å²) in [5.41, 5.74) is 0.746. The van der Waals surface area contributed by atoms with Gasteiger partial charge in [0.15, 0.2) is 0 Å². The van der Waals surface area contributed by atoms with Gasteiger partial charge in [0.05, 0.1) is 0 Å². The Bertz CT molecular complexity index is 776. The Kier molecular flexibility index (Phi) is 5.23. The smallest absolute Gasteiger partial charge is 0.325 e. The Balaban J connectivity index is 1.49. The molecule has 132 valence electrons. The average molecular weight is 362 g/mol. The highest BCUT2D eigenvalue weighted by Crippen LogP contribution is 2.23. The molecule has 0 unspecified atom stereocenters. The van der Waals surface area contributed by atoms with E-state index in [9.17, 15) is 9.59 Å². The summed E-state index contributed by atoms with van der Waals surface area (Å²) in [6.07, 6.45) is 3.60. The summed E-state index contributed by atoms with van der Waals surface area (Å²) in [6, 6.07) is 6.97. The van der Waals surface area contributed by atoms with Crippen LogP contribution in [0.2, 0.25) is 5.02 Å². The van der Waals surface area contributed by atoms with Crippen LogP contribution < -0.4 is 10.2 Å². The van der Waals surface area contributed by atoms with Gasteiger partial charge in [-0.2, -0.15) is 0 Å². The van der Waals surface area contributed by atoms with Gasteiger partial charge < -0.3 is 14.8 Å². The van der Waals surface area contributed by atoms with Gasteiger partial charge >= 0.3 is 6.03 Å². The first-order valence-corrected chi connectivity index (χ1v) is 8.49. The van der Waals surface area contributed by atoms with E-state index in [-0.39, 0.29) is 18.5 Å². The van der Waals surface area contributed by atoms with Crippen LogP contribution in [0.1, 0.15) is 5.82 Å². The molecular formula is C17H20ClN5O2. The molecule has 1 aromatic carbocycles. The second-order valence-corrected chi connectivity index (χ2v) is 6.29. The van der Waals surface area contributed by atoms with Gasteiger partial charge in [0.1, 0.15) is 12.4 Å². The molecule has 0 saturated carbocycles. The number of nitrogens with one attached hydrogen (secondary N) is 1. The lowest BCUT2D eigenvalue weighted by molar-refractivity contribution is -0.121. The molecule has 2 aromatic rings. The highest BCUT2D eigenvalue weighted by Gasteiger charge is 2.30. The van der Waals surface area contributed by atoms with Gasteiger partial charge in [-0.3, -0.25) is 9.69 Å². The largest absolute Gasteiger partial charge is 0.353 e. The number of benzene rings is 1. The van der Waals surface area contributed by atoms with E-state index in [2.05, 4.69) is 10.3 Å². The zero-order chi connectivity index (χ0) is 17.8. The fourth-order valence-electron chi connectivity index (χ4n) is 2.80. The molecule has 1 aliphatic rings. The molecule has 1 N–H and O–H groups in total. The van der Waals surface area contributed by atoms with Crippen molar-refractivity contribution in [3.05, 3.63) is 47.5 Å². The first-order chi connectivity index (χ1) is 12.0. The summed E-state index contributed by atoms with van der Waals surface area (Å²) in [6.45, 7) is 4.17. The number of imidazole rings is 1. The average Bonchev–Trinajstić information content (AvgIpc) is 3.14. The van der Waals surface area contributed by atoms with Crippen molar-refractivity contribution >= 4 is 29.2 Å². The SMILES string of the molecule is Cc1nccn1CCNC(=O)CN1CCN(c2cccc(Cl)c2)C1=O. The predicted octanol–water partition coefficient (Wildman–Crippen LogP) is 1.90. The molecule has 1 aromatic heterocycles. The van der Waals surface area contributed by atoms with Crippen molar-refractivity contribution in [3.63, 3.8) is 0 Å². The molecule has 0 bridgehead atoms. The zero-order valence-electron chi connectivity index (χ0n) is 14.0. The van der Waals surface area contributed by atoms with Gasteiger partial charge in [0, 0.05) is 49.3 Å². The normalized spacial score (nSPS) is 14.2. The summed E-state index contributed by atoms with van der Waals surface area (Å²) < 4.78 is 1.96. The number of amides is 3. The molecule has 0 atom stereocenters. The van der Waals surface area contributed by atoms with Crippen molar-refractivity contribution in [2.75, 3.05) is 31.1 Å². The van der Waals surface area contributed by atoms with Crippen LogP contribution in [-0.4, -0.2) is 52.6 Å². The van der Waals surface area contributed by atoms with Crippen LogP contribution in [0.4, 0.5) is 10.5 Å². The number of rotatable bonds is 6. The molecule has 3 amide bonds. The Morgan fingerprint density at radius 1 is 1.36 bits per heavy atom. The van der Waals surface area contributed by atoms with Crippen LogP contribution >= 0.6 is 11.6 Å². The van der Waals surface area contributed by atoms with Gasteiger partial charge in [-0.05, 0) is 25.1 Å². The Morgan fingerprint density at radius 2 is 2.20 bits per heavy atom. The molecule has 0 aliphatic carbocycles. The molecule has 1 saturated heterocycles. The predicted molar refractivity (Wildman–Crippen MR) is 95.7 cm³/mol. The number of carbonyl (C=O) groups excluding carboxylic acids is 2. The standard InChI is InChI=1S/C17H20ClN5O2/c1-13-19-5-7-21(13)8-6-20-16(24)12-22-9-10-23(17(22)25)15-4-2-3-14(18)11-15/h2-5,7,11H,6,8-10,12H2,1H3,(H,20,24). The van der Waals surface area contributed by atoms with Gasteiger partial charge in [-0.25, -0.2) is 9.78 Å². The monoisotopic (exact) mass is 361 g/mol. The number of aryl methyl sites for hydroxylation is 1. The van der Waals surface area contributed by atoms with Gasteiger partial charge in [-0.15, -0.1) is 0 Å². The van der Waals surface area contributed by atoms with Crippen molar-refractivity contribution in [2.24, 2.45) is 0 Å². The zero-order valence-corrected chi connectivity index (χ0v) is 14.7. The van der Waals surface area contributed by atoms with Gasteiger partial charge in [0.25, 0.3) is 0 Å². The van der Waals surface area contributed by atoms with Crippen LogP contribution in [0.25, 0.3) is 0 Å². The van der Waals surface area contributed by atoms with Crippen molar-refractivity contribution in [1.82, 2.24) is 19.8 Å². The summed E-state index contributed by atoms with van der Waals surface area (Å²) in [7, 11) is 0. The first kappa shape index (κ1) is 17.3. The Labute approximate surface area is 151 Å². The molecule has 25 heavy (non-hydrogen) atoms. The number of aromatic nitrogens is 2. The lowest BCUT2D eigenvalue weighted by atomic mass is 10.3. The summed E-state index contributed by atoms with van der Waals surface area (Å²) in [5.74, 6) is 0.736. The maximum Gasteiger partial charge on any atom is 0.325 e. The fourth-order valence-corrected chi connectivity index (χ4v) is 2.98. The van der Waals surface area contributed by atoms with Crippen LogP contribution in [0, 0.1) is 6.92 Å². The van der Waals surface area contributed by atoms with Crippen LogP contribution in [0.15, 0.2) is 36.7 Å². The number of nitrogens with zero attached hydrogens (tertiary/aromatic N) is 4. The number of anilines is 1. The summed E-state index contributed by atoms with van der Waals surface area (Å²) in [4.78, 5) is 31.9. The quantitative estimate of drug-likeness (QED) is 0.854. The minimum Gasteiger partial charge on any atom is -0.353 e. The number of hydrogen-bond donors (Lipinski definition) is 1. The maximum atomic E-state index is 12.5. The second-order valence-electron chi connectivity index (χ2n) is 5.85. The lowest BCUT2D eigenvalue weighted by Crippen LogP contribution is -2.40. The van der Waals surface area contributed by atoms with Crippen LogP contribution in [0.5, 0.6) is 0 Å². The molecule has 1 aliphatic heterocycles. The summed E-state index contributed by atoms with van der Waals surface area (Å²) in [5, 5.41) is 3.42. The highest BCUT2D eigenvalue weighted by atomic mass is 35.5. The van der Waals surface area contributed by atoms with Crippen LogP contribution in [0.3, 0.4) is 0 Å². The van der Waals surface area contributed by atoms with E-state index in [1.54, 1.807) is 34.2 Å². The van der Waals surface area contributed by atoms with Gasteiger partial charge in [0.2, 0.25) is 5.91 Å². The van der Waals surface area contributed by atoms with Gasteiger partial charge in [-0.1, -0.05) is 17.7 Å². The Morgan fingerprint density at radius 3 is 2.92 bits per heavy atom. The number of carbonyl (C=O) groups is 2. The molecular weight excluding hydrogens is 342 g/mol. The molecule has 7 nitrogen and oxygen atoms in total. The highest BCUT2D eigenvalue weighted by molar-refractivity contribution is 6.30. The van der Waals surface area contributed by atoms with Crippen molar-refractivity contribution in [1.29, 1.82) is 0 Å².